The van der Waals surface area contributed by atoms with E-state index >= 15 is 0 Å². The first-order valence-electron chi connectivity index (χ1n) is 8.03. The van der Waals surface area contributed by atoms with Crippen molar-refractivity contribution < 1.29 is 18.3 Å². The first-order valence-corrected chi connectivity index (χ1v) is 8.03. The van der Waals surface area contributed by atoms with Gasteiger partial charge in [-0.3, -0.25) is 4.79 Å². The predicted molar refractivity (Wildman–Crippen MR) is 86.1 cm³/mol. The Morgan fingerprint density at radius 3 is 2.64 bits per heavy atom. The van der Waals surface area contributed by atoms with Gasteiger partial charge in [0.05, 0.1) is 11.4 Å². The third kappa shape index (κ3) is 4.11. The van der Waals surface area contributed by atoms with E-state index in [0.717, 1.165) is 25.9 Å². The van der Waals surface area contributed by atoms with E-state index in [-0.39, 0.29) is 23.4 Å². The van der Waals surface area contributed by atoms with Crippen LogP contribution in [0, 0.1) is 6.92 Å². The normalized spacial score (nSPS) is 15.4. The highest BCUT2D eigenvalue weighted by molar-refractivity contribution is 5.93. The van der Waals surface area contributed by atoms with E-state index in [0.29, 0.717) is 11.4 Å². The lowest BCUT2D eigenvalue weighted by atomic mass is 10.1. The Balaban J connectivity index is 1.72. The molecule has 0 bridgehead atoms. The van der Waals surface area contributed by atoms with Gasteiger partial charge in [0.25, 0.3) is 5.91 Å². The first-order chi connectivity index (χ1) is 12.0. The molecule has 1 amide bonds. The molecule has 7 nitrogen and oxygen atoms in total. The molecule has 25 heavy (non-hydrogen) atoms. The zero-order valence-electron chi connectivity index (χ0n) is 13.7. The second-order valence-electron chi connectivity index (χ2n) is 5.81. The largest absolute Gasteiger partial charge is 0.435 e. The number of halogens is 2. The van der Waals surface area contributed by atoms with Crippen LogP contribution in [0.2, 0.25) is 0 Å². The van der Waals surface area contributed by atoms with E-state index in [1.807, 2.05) is 0 Å². The minimum atomic E-state index is -2.87. The number of hydrogen-bond acceptors (Lipinski definition) is 5. The number of nitrogens with zero attached hydrogens (tertiary/aromatic N) is 3. The number of nitrogens with one attached hydrogen (secondary N) is 2. The van der Waals surface area contributed by atoms with Crippen molar-refractivity contribution in [2.45, 2.75) is 32.4 Å². The summed E-state index contributed by atoms with van der Waals surface area (Å²) in [6, 6.07) is 6.11. The quantitative estimate of drug-likeness (QED) is 0.856. The Bertz CT molecular complexity index is 727. The van der Waals surface area contributed by atoms with Crippen molar-refractivity contribution in [3.63, 3.8) is 0 Å². The summed E-state index contributed by atoms with van der Waals surface area (Å²) in [5.74, 6) is -0.200. The van der Waals surface area contributed by atoms with Gasteiger partial charge in [-0.2, -0.15) is 8.78 Å². The monoisotopic (exact) mass is 351 g/mol. The maximum atomic E-state index is 12.4. The van der Waals surface area contributed by atoms with Crippen molar-refractivity contribution in [2.24, 2.45) is 0 Å². The summed E-state index contributed by atoms with van der Waals surface area (Å²) < 4.78 is 30.2. The Labute approximate surface area is 143 Å². The van der Waals surface area contributed by atoms with Crippen LogP contribution in [0.25, 0.3) is 5.69 Å². The van der Waals surface area contributed by atoms with Crippen molar-refractivity contribution >= 4 is 5.91 Å². The lowest BCUT2D eigenvalue weighted by Crippen LogP contribution is -2.43. The van der Waals surface area contributed by atoms with Crippen molar-refractivity contribution in [1.29, 1.82) is 0 Å². The SMILES string of the molecule is Cc1c(C(=O)NC2CCNCC2)nnn1-c1ccc(OC(F)F)cc1. The van der Waals surface area contributed by atoms with Gasteiger partial charge in [-0.25, -0.2) is 4.68 Å². The molecule has 1 aliphatic rings. The molecule has 2 heterocycles. The van der Waals surface area contributed by atoms with Gasteiger partial charge in [-0.15, -0.1) is 5.10 Å². The molecule has 0 saturated carbocycles. The van der Waals surface area contributed by atoms with Gasteiger partial charge in [-0.05, 0) is 57.1 Å². The topological polar surface area (TPSA) is 81.1 Å². The van der Waals surface area contributed by atoms with Crippen molar-refractivity contribution in [3.05, 3.63) is 35.7 Å². The highest BCUT2D eigenvalue weighted by Gasteiger charge is 2.21. The highest BCUT2D eigenvalue weighted by atomic mass is 19.3. The van der Waals surface area contributed by atoms with Crippen LogP contribution in [0.5, 0.6) is 5.75 Å². The molecule has 0 aliphatic carbocycles. The molecule has 3 rings (SSSR count). The van der Waals surface area contributed by atoms with Gasteiger partial charge in [0.2, 0.25) is 0 Å². The van der Waals surface area contributed by atoms with Crippen molar-refractivity contribution in [1.82, 2.24) is 25.6 Å². The molecule has 9 heteroatoms. The van der Waals surface area contributed by atoms with Crippen LogP contribution in [-0.2, 0) is 0 Å². The molecule has 1 saturated heterocycles. The Kier molecular flexibility index (Phi) is 5.22. The van der Waals surface area contributed by atoms with E-state index in [1.54, 1.807) is 19.1 Å². The number of piperidine rings is 1. The van der Waals surface area contributed by atoms with Gasteiger partial charge >= 0.3 is 6.61 Å². The van der Waals surface area contributed by atoms with Gasteiger partial charge in [-0.1, -0.05) is 5.21 Å². The second-order valence-corrected chi connectivity index (χ2v) is 5.81. The van der Waals surface area contributed by atoms with Crippen LogP contribution >= 0.6 is 0 Å². The number of aromatic nitrogens is 3. The Morgan fingerprint density at radius 1 is 1.32 bits per heavy atom. The number of alkyl halides is 2. The Hall–Kier alpha value is -2.55. The number of hydrogen-bond donors (Lipinski definition) is 2. The molecule has 134 valence electrons. The molecule has 0 spiro atoms. The molecule has 0 unspecified atom stereocenters. The smallest absolute Gasteiger partial charge is 0.387 e. The van der Waals surface area contributed by atoms with Crippen LogP contribution in [0.1, 0.15) is 29.0 Å². The summed E-state index contributed by atoms with van der Waals surface area (Å²) in [5.41, 5.74) is 1.44. The van der Waals surface area contributed by atoms with Crippen LogP contribution in [0.15, 0.2) is 24.3 Å². The van der Waals surface area contributed by atoms with Crippen molar-refractivity contribution in [3.8, 4) is 11.4 Å². The third-order valence-electron chi connectivity index (χ3n) is 4.09. The minimum absolute atomic E-state index is 0.0559. The van der Waals surface area contributed by atoms with E-state index in [2.05, 4.69) is 25.7 Å². The molecule has 1 aromatic carbocycles. The summed E-state index contributed by atoms with van der Waals surface area (Å²) in [7, 11) is 0. The lowest BCUT2D eigenvalue weighted by Gasteiger charge is -2.23. The summed E-state index contributed by atoms with van der Waals surface area (Å²) in [4.78, 5) is 12.4. The molecule has 0 radical (unpaired) electrons. The zero-order chi connectivity index (χ0) is 17.8. The Morgan fingerprint density at radius 2 is 2.00 bits per heavy atom. The lowest BCUT2D eigenvalue weighted by molar-refractivity contribution is -0.0498. The van der Waals surface area contributed by atoms with Crippen LogP contribution in [-0.4, -0.2) is 46.6 Å². The number of amides is 1. The first kappa shape index (κ1) is 17.3. The fourth-order valence-electron chi connectivity index (χ4n) is 2.77. The van der Waals surface area contributed by atoms with Crippen molar-refractivity contribution in [2.75, 3.05) is 13.1 Å². The maximum absolute atomic E-state index is 12.4. The number of rotatable bonds is 5. The molecule has 2 aromatic rings. The van der Waals surface area contributed by atoms with Crippen LogP contribution in [0.3, 0.4) is 0 Å². The molecule has 0 atom stereocenters. The number of carbonyl (C=O) groups excluding carboxylic acids is 1. The highest BCUT2D eigenvalue weighted by Crippen LogP contribution is 2.18. The number of benzene rings is 1. The summed E-state index contributed by atoms with van der Waals surface area (Å²) >= 11 is 0. The van der Waals surface area contributed by atoms with E-state index in [9.17, 15) is 13.6 Å². The van der Waals surface area contributed by atoms with E-state index in [4.69, 9.17) is 0 Å². The number of ether oxygens (including phenoxy) is 1. The zero-order valence-corrected chi connectivity index (χ0v) is 13.7. The third-order valence-corrected chi connectivity index (χ3v) is 4.09. The van der Waals surface area contributed by atoms with E-state index < -0.39 is 6.61 Å². The second kappa shape index (κ2) is 7.56. The summed E-state index contributed by atoms with van der Waals surface area (Å²) in [5, 5.41) is 14.2. The predicted octanol–water partition coefficient (Wildman–Crippen LogP) is 1.66. The maximum Gasteiger partial charge on any atom is 0.387 e. The molecular weight excluding hydrogens is 332 g/mol. The molecule has 2 N–H and O–H groups in total. The molecular formula is C16H19F2N5O2. The van der Waals surface area contributed by atoms with E-state index in [1.165, 1.54) is 16.8 Å². The van der Waals surface area contributed by atoms with Crippen LogP contribution < -0.4 is 15.4 Å². The van der Waals surface area contributed by atoms with Gasteiger partial charge < -0.3 is 15.4 Å². The molecule has 1 aromatic heterocycles. The van der Waals surface area contributed by atoms with Gasteiger partial charge in [0.1, 0.15) is 5.75 Å². The minimum Gasteiger partial charge on any atom is -0.435 e. The standard InChI is InChI=1S/C16H19F2N5O2/c1-10-14(15(24)20-11-6-8-19-9-7-11)21-22-23(10)12-2-4-13(5-3-12)25-16(17)18/h2-5,11,16,19H,6-9H2,1H3,(H,20,24). The summed E-state index contributed by atoms with van der Waals surface area (Å²) in [6.07, 6.45) is 1.76. The van der Waals surface area contributed by atoms with Crippen LogP contribution in [0.4, 0.5) is 8.78 Å². The average molecular weight is 351 g/mol. The number of carbonyl (C=O) groups is 1. The average Bonchev–Trinajstić information content (AvgIpc) is 2.98. The molecule has 1 fully saturated rings. The molecule has 1 aliphatic heterocycles. The van der Waals surface area contributed by atoms with Gasteiger partial charge in [0, 0.05) is 6.04 Å². The fourth-order valence-corrected chi connectivity index (χ4v) is 2.77. The fraction of sp³-hybridized carbons (Fsp3) is 0.438. The summed E-state index contributed by atoms with van der Waals surface area (Å²) in [6.45, 7) is 0.623. The van der Waals surface area contributed by atoms with Gasteiger partial charge in [0.15, 0.2) is 5.69 Å².